The van der Waals surface area contributed by atoms with Gasteiger partial charge in [0.1, 0.15) is 6.17 Å². The Morgan fingerprint density at radius 1 is 1.27 bits per heavy atom. The lowest BCUT2D eigenvalue weighted by Gasteiger charge is -2.63. The number of ether oxygens (including phenoxy) is 1. The molecule has 0 heterocycles. The Hall–Kier alpha value is -1.54. The first-order valence-corrected chi connectivity index (χ1v) is 12.8. The summed E-state index contributed by atoms with van der Waals surface area (Å²) in [5, 5.41) is 11.1. The largest absolute Gasteiger partial charge is 0.449 e. The number of thioether (sulfide) groups is 1. The van der Waals surface area contributed by atoms with Gasteiger partial charge in [-0.15, -0.1) is 0 Å². The van der Waals surface area contributed by atoms with Crippen molar-refractivity contribution in [3.05, 3.63) is 23.8 Å². The normalized spacial score (nSPS) is 48.4. The predicted octanol–water partition coefficient (Wildman–Crippen LogP) is 4.13. The molecule has 0 aromatic carbocycles. The highest BCUT2D eigenvalue weighted by atomic mass is 32.2. The quantitative estimate of drug-likeness (QED) is 0.610. The van der Waals surface area contributed by atoms with Crippen molar-refractivity contribution in [1.82, 2.24) is 0 Å². The first-order valence-electron chi connectivity index (χ1n) is 11.6. The van der Waals surface area contributed by atoms with Crippen LogP contribution in [0.3, 0.4) is 0 Å². The summed E-state index contributed by atoms with van der Waals surface area (Å²) in [7, 11) is 0. The maximum atomic E-state index is 17.2. The minimum absolute atomic E-state index is 0.0614. The van der Waals surface area contributed by atoms with Gasteiger partial charge in [-0.25, -0.2) is 8.78 Å². The van der Waals surface area contributed by atoms with Gasteiger partial charge >= 0.3 is 5.97 Å². The number of esters is 1. The van der Waals surface area contributed by atoms with Crippen LogP contribution < -0.4 is 0 Å². The SMILES string of the molecule is CCC(=O)OC1(C(=O)SC)C(C)C[C@H]2[C@@H]3CC(F)C4=CC(=O)C=C[C@]4(C)[C@@]3(F)C(O)C[C@@]21C. The van der Waals surface area contributed by atoms with Gasteiger partial charge in [-0.2, -0.15) is 0 Å². The molecule has 8 heteroatoms. The van der Waals surface area contributed by atoms with Crippen molar-refractivity contribution >= 4 is 28.6 Å². The Morgan fingerprint density at radius 2 is 1.94 bits per heavy atom. The number of fused-ring (bicyclic) bond motifs is 5. The maximum Gasteiger partial charge on any atom is 0.306 e. The molecular formula is C25H32F2O5S. The number of ketones is 1. The average molecular weight is 483 g/mol. The first-order chi connectivity index (χ1) is 15.3. The Labute approximate surface area is 197 Å². The van der Waals surface area contributed by atoms with E-state index < -0.39 is 63.9 Å². The Bertz CT molecular complexity index is 964. The van der Waals surface area contributed by atoms with Crippen molar-refractivity contribution in [2.24, 2.45) is 28.6 Å². The fourth-order valence-corrected chi connectivity index (χ4v) is 8.40. The first kappa shape index (κ1) is 24.6. The molecule has 3 fully saturated rings. The van der Waals surface area contributed by atoms with Gasteiger partial charge in [0.05, 0.1) is 6.10 Å². The van der Waals surface area contributed by atoms with Crippen LogP contribution in [0.5, 0.6) is 0 Å². The third kappa shape index (κ3) is 2.89. The Morgan fingerprint density at radius 3 is 2.55 bits per heavy atom. The van der Waals surface area contributed by atoms with Gasteiger partial charge in [0.15, 0.2) is 17.1 Å². The molecule has 4 aliphatic rings. The van der Waals surface area contributed by atoms with Crippen molar-refractivity contribution in [3.8, 4) is 0 Å². The molecule has 0 amide bonds. The van der Waals surface area contributed by atoms with Gasteiger partial charge in [-0.1, -0.05) is 38.6 Å². The van der Waals surface area contributed by atoms with E-state index in [1.54, 1.807) is 27.0 Å². The highest BCUT2D eigenvalue weighted by Gasteiger charge is 2.78. The third-order valence-corrected chi connectivity index (χ3v) is 9.89. The molecule has 5 nitrogen and oxygen atoms in total. The highest BCUT2D eigenvalue weighted by molar-refractivity contribution is 8.13. The van der Waals surface area contributed by atoms with Crippen LogP contribution in [-0.4, -0.2) is 51.8 Å². The van der Waals surface area contributed by atoms with Crippen LogP contribution in [-0.2, 0) is 19.1 Å². The van der Waals surface area contributed by atoms with Gasteiger partial charge in [0, 0.05) is 29.1 Å². The fourth-order valence-electron chi connectivity index (χ4n) is 7.62. The second kappa shape index (κ2) is 7.74. The summed E-state index contributed by atoms with van der Waals surface area (Å²) in [6.45, 7) is 6.78. The van der Waals surface area contributed by atoms with E-state index in [-0.39, 0.29) is 30.0 Å². The summed E-state index contributed by atoms with van der Waals surface area (Å²) in [5.74, 6) is -2.77. The van der Waals surface area contributed by atoms with Crippen LogP contribution in [0.25, 0.3) is 0 Å². The molecule has 1 N–H and O–H groups in total. The molecule has 4 aliphatic carbocycles. The van der Waals surface area contributed by atoms with Crippen LogP contribution >= 0.6 is 11.8 Å². The van der Waals surface area contributed by atoms with Crippen LogP contribution in [0.4, 0.5) is 8.78 Å². The number of carbonyl (C=O) groups is 3. The number of aliphatic hydroxyl groups is 1. The zero-order valence-electron chi connectivity index (χ0n) is 19.7. The molecule has 4 rings (SSSR count). The molecule has 33 heavy (non-hydrogen) atoms. The molecule has 0 radical (unpaired) electrons. The molecule has 0 bridgehead atoms. The van der Waals surface area contributed by atoms with Crippen molar-refractivity contribution in [3.63, 3.8) is 0 Å². The predicted molar refractivity (Wildman–Crippen MR) is 121 cm³/mol. The van der Waals surface area contributed by atoms with E-state index in [2.05, 4.69) is 0 Å². The lowest BCUT2D eigenvalue weighted by Crippen LogP contribution is -2.70. The van der Waals surface area contributed by atoms with Crippen molar-refractivity contribution < 1.29 is 33.0 Å². The highest BCUT2D eigenvalue weighted by Crippen LogP contribution is 2.72. The van der Waals surface area contributed by atoms with Crippen LogP contribution in [0.1, 0.15) is 53.4 Å². The summed E-state index contributed by atoms with van der Waals surface area (Å²) < 4.78 is 38.6. The molecule has 0 spiro atoms. The van der Waals surface area contributed by atoms with Gasteiger partial charge in [-0.05, 0) is 56.1 Å². The minimum atomic E-state index is -2.23. The molecular weight excluding hydrogens is 450 g/mol. The molecule has 0 aromatic rings. The lowest BCUT2D eigenvalue weighted by atomic mass is 9.44. The number of hydrogen-bond donors (Lipinski definition) is 1. The second-order valence-electron chi connectivity index (χ2n) is 10.6. The van der Waals surface area contributed by atoms with E-state index in [1.165, 1.54) is 12.2 Å². The van der Waals surface area contributed by atoms with Crippen molar-refractivity contribution in [2.45, 2.75) is 76.9 Å². The monoisotopic (exact) mass is 482 g/mol. The lowest BCUT2D eigenvalue weighted by molar-refractivity contribution is -0.228. The van der Waals surface area contributed by atoms with Crippen LogP contribution in [0.15, 0.2) is 23.8 Å². The van der Waals surface area contributed by atoms with E-state index in [0.717, 1.165) is 17.8 Å². The molecule has 0 saturated heterocycles. The number of carbonyl (C=O) groups excluding carboxylic acids is 3. The number of aliphatic hydroxyl groups excluding tert-OH is 1. The number of hydrogen-bond acceptors (Lipinski definition) is 6. The maximum absolute atomic E-state index is 17.2. The molecule has 4 unspecified atom stereocenters. The van der Waals surface area contributed by atoms with Crippen LogP contribution in [0, 0.1) is 28.6 Å². The van der Waals surface area contributed by atoms with Gasteiger partial charge in [0.25, 0.3) is 0 Å². The fraction of sp³-hybridized carbons (Fsp3) is 0.720. The molecule has 3 saturated carbocycles. The summed E-state index contributed by atoms with van der Waals surface area (Å²) in [5.41, 5.74) is -6.25. The topological polar surface area (TPSA) is 80.7 Å². The van der Waals surface area contributed by atoms with Crippen molar-refractivity contribution in [2.75, 3.05) is 6.26 Å². The van der Waals surface area contributed by atoms with Gasteiger partial charge in [0.2, 0.25) is 5.12 Å². The van der Waals surface area contributed by atoms with E-state index in [9.17, 15) is 19.5 Å². The van der Waals surface area contributed by atoms with Crippen molar-refractivity contribution in [1.29, 1.82) is 0 Å². The molecule has 0 aromatic heterocycles. The number of allylic oxidation sites excluding steroid dienone is 4. The molecule has 0 aliphatic heterocycles. The second-order valence-corrected chi connectivity index (χ2v) is 11.3. The molecule has 9 atom stereocenters. The summed E-state index contributed by atoms with van der Waals surface area (Å²) >= 11 is 0.956. The van der Waals surface area contributed by atoms with E-state index in [0.29, 0.717) is 6.42 Å². The van der Waals surface area contributed by atoms with E-state index in [4.69, 9.17) is 4.74 Å². The van der Waals surface area contributed by atoms with E-state index >= 15 is 8.78 Å². The Kier molecular flexibility index (Phi) is 5.76. The summed E-state index contributed by atoms with van der Waals surface area (Å²) in [6.07, 6.45) is 2.45. The smallest absolute Gasteiger partial charge is 0.306 e. The number of alkyl halides is 2. The standard InChI is InChI=1S/C25H32F2O5S/c1-6-20(30)32-25(21(31)33-5)13(2)9-15-16-11-18(26)17-10-14(28)7-8-22(17,3)24(16,27)19(29)12-23(15,25)4/h7-8,10,13,15-16,18-19,29H,6,9,11-12H2,1-5H3/t13?,15-,16-,18?,19?,22-,23-,24-,25?/m0/s1. The number of halogens is 2. The average Bonchev–Trinajstić information content (AvgIpc) is 2.98. The number of rotatable bonds is 3. The zero-order chi connectivity index (χ0) is 24.6. The molecule has 182 valence electrons. The summed E-state index contributed by atoms with van der Waals surface area (Å²) in [6, 6.07) is 0. The Balaban J connectivity index is 1.88. The van der Waals surface area contributed by atoms with E-state index in [1.807, 2.05) is 6.92 Å². The third-order valence-electron chi connectivity index (χ3n) is 9.22. The van der Waals surface area contributed by atoms with Crippen LogP contribution in [0.2, 0.25) is 0 Å². The zero-order valence-corrected chi connectivity index (χ0v) is 20.5. The van der Waals surface area contributed by atoms with Gasteiger partial charge < -0.3 is 9.84 Å². The summed E-state index contributed by atoms with van der Waals surface area (Å²) in [4.78, 5) is 37.8. The minimum Gasteiger partial charge on any atom is -0.449 e. The van der Waals surface area contributed by atoms with Gasteiger partial charge in [-0.3, -0.25) is 14.4 Å².